The number of non-ortho nitro benzene ring substituents is 1. The fourth-order valence-electron chi connectivity index (χ4n) is 3.95. The zero-order chi connectivity index (χ0) is 23.2. The Morgan fingerprint density at radius 3 is 2.47 bits per heavy atom. The van der Waals surface area contributed by atoms with E-state index in [1.165, 1.54) is 22.5 Å². The number of nitro benzene ring substituents is 1. The van der Waals surface area contributed by atoms with E-state index in [1.807, 2.05) is 13.8 Å². The highest BCUT2D eigenvalue weighted by Gasteiger charge is 2.32. The van der Waals surface area contributed by atoms with Gasteiger partial charge in [-0.1, -0.05) is 6.07 Å². The summed E-state index contributed by atoms with van der Waals surface area (Å²) in [7, 11) is -2.14. The van der Waals surface area contributed by atoms with Crippen LogP contribution in [-0.2, 0) is 17.1 Å². The predicted octanol–water partition coefficient (Wildman–Crippen LogP) is 1.64. The van der Waals surface area contributed by atoms with E-state index in [2.05, 4.69) is 10.1 Å². The number of sulfonamides is 1. The van der Waals surface area contributed by atoms with Gasteiger partial charge < -0.3 is 4.90 Å². The molecule has 0 aliphatic carbocycles. The SMILES string of the molecule is Cc1cc(C(=O)N2CCN(S(=O)(=O)c3cccc([N+](=O)[O-])c3)CC2)c2c(C)nn(C)c2n1. The average molecular weight is 459 g/mol. The number of rotatable bonds is 4. The van der Waals surface area contributed by atoms with E-state index in [1.54, 1.807) is 22.7 Å². The molecule has 0 atom stereocenters. The summed E-state index contributed by atoms with van der Waals surface area (Å²) in [5, 5.41) is 16.0. The summed E-state index contributed by atoms with van der Waals surface area (Å²) in [6, 6.07) is 6.70. The Morgan fingerprint density at radius 2 is 1.81 bits per heavy atom. The Hall–Kier alpha value is -3.38. The lowest BCUT2D eigenvalue weighted by Crippen LogP contribution is -2.50. The number of fused-ring (bicyclic) bond motifs is 1. The molecule has 11 nitrogen and oxygen atoms in total. The second kappa shape index (κ2) is 7.95. The van der Waals surface area contributed by atoms with Crippen molar-refractivity contribution < 1.29 is 18.1 Å². The normalized spacial score (nSPS) is 15.3. The van der Waals surface area contributed by atoms with Crippen LogP contribution in [0.15, 0.2) is 35.2 Å². The van der Waals surface area contributed by atoms with Crippen LogP contribution in [0, 0.1) is 24.0 Å². The van der Waals surface area contributed by atoms with Crippen molar-refractivity contribution in [1.29, 1.82) is 0 Å². The van der Waals surface area contributed by atoms with Gasteiger partial charge in [0.05, 0.1) is 26.5 Å². The first kappa shape index (κ1) is 21.8. The molecule has 168 valence electrons. The van der Waals surface area contributed by atoms with E-state index in [9.17, 15) is 23.3 Å². The van der Waals surface area contributed by atoms with Gasteiger partial charge in [-0.05, 0) is 26.0 Å². The molecule has 1 aliphatic rings. The molecule has 0 radical (unpaired) electrons. The number of pyridine rings is 1. The van der Waals surface area contributed by atoms with E-state index in [0.717, 1.165) is 6.07 Å². The first-order chi connectivity index (χ1) is 15.1. The fourth-order valence-corrected chi connectivity index (χ4v) is 5.41. The lowest BCUT2D eigenvalue weighted by Gasteiger charge is -2.34. The maximum absolute atomic E-state index is 13.3. The van der Waals surface area contributed by atoms with Crippen LogP contribution >= 0.6 is 0 Å². The molecule has 0 unspecified atom stereocenters. The minimum Gasteiger partial charge on any atom is -0.336 e. The summed E-state index contributed by atoms with van der Waals surface area (Å²) in [5.74, 6) is -0.205. The zero-order valence-electron chi connectivity index (χ0n) is 17.8. The average Bonchev–Trinajstić information content (AvgIpc) is 3.06. The van der Waals surface area contributed by atoms with Gasteiger partial charge in [0.15, 0.2) is 5.65 Å². The summed E-state index contributed by atoms with van der Waals surface area (Å²) in [4.78, 5) is 29.6. The smallest absolute Gasteiger partial charge is 0.270 e. The molecule has 12 heteroatoms. The van der Waals surface area contributed by atoms with Crippen LogP contribution in [0.2, 0.25) is 0 Å². The Balaban J connectivity index is 1.56. The van der Waals surface area contributed by atoms with Crippen LogP contribution < -0.4 is 0 Å². The maximum Gasteiger partial charge on any atom is 0.270 e. The van der Waals surface area contributed by atoms with E-state index in [0.29, 0.717) is 28.0 Å². The zero-order valence-corrected chi connectivity index (χ0v) is 18.7. The van der Waals surface area contributed by atoms with Gasteiger partial charge in [0.25, 0.3) is 11.6 Å². The van der Waals surface area contributed by atoms with Crippen LogP contribution in [0.25, 0.3) is 11.0 Å². The molecule has 1 saturated heterocycles. The van der Waals surface area contributed by atoms with Gasteiger partial charge in [-0.3, -0.25) is 19.6 Å². The Kier molecular flexibility index (Phi) is 5.42. The Morgan fingerprint density at radius 1 is 1.12 bits per heavy atom. The molecule has 32 heavy (non-hydrogen) atoms. The van der Waals surface area contributed by atoms with Crippen molar-refractivity contribution >= 4 is 32.7 Å². The molecule has 3 heterocycles. The highest BCUT2D eigenvalue weighted by atomic mass is 32.2. The van der Waals surface area contributed by atoms with E-state index >= 15 is 0 Å². The molecule has 0 bridgehead atoms. The summed E-state index contributed by atoms with van der Waals surface area (Å²) in [6.07, 6.45) is 0. The third kappa shape index (κ3) is 3.71. The van der Waals surface area contributed by atoms with E-state index in [4.69, 9.17) is 0 Å². The summed E-state index contributed by atoms with van der Waals surface area (Å²) in [5.41, 5.74) is 2.22. The van der Waals surface area contributed by atoms with Gasteiger partial charge >= 0.3 is 0 Å². The number of carbonyl (C=O) groups is 1. The minimum atomic E-state index is -3.91. The first-order valence-electron chi connectivity index (χ1n) is 9.94. The lowest BCUT2D eigenvalue weighted by molar-refractivity contribution is -0.385. The molecule has 1 aromatic carbocycles. The number of aryl methyl sites for hydroxylation is 3. The van der Waals surface area contributed by atoms with E-state index in [-0.39, 0.29) is 42.7 Å². The van der Waals surface area contributed by atoms with Crippen molar-refractivity contribution in [3.8, 4) is 0 Å². The number of nitro groups is 1. The fraction of sp³-hybridized carbons (Fsp3) is 0.350. The van der Waals surface area contributed by atoms with Crippen molar-refractivity contribution in [1.82, 2.24) is 24.0 Å². The lowest BCUT2D eigenvalue weighted by atomic mass is 10.1. The number of benzene rings is 1. The minimum absolute atomic E-state index is 0.0932. The van der Waals surface area contributed by atoms with Gasteiger partial charge in [-0.25, -0.2) is 13.4 Å². The highest BCUT2D eigenvalue weighted by molar-refractivity contribution is 7.89. The van der Waals surface area contributed by atoms with Gasteiger partial charge in [-0.15, -0.1) is 0 Å². The molecule has 0 spiro atoms. The van der Waals surface area contributed by atoms with Gasteiger partial charge in [-0.2, -0.15) is 9.40 Å². The van der Waals surface area contributed by atoms with Crippen LogP contribution in [-0.4, -0.2) is 69.4 Å². The van der Waals surface area contributed by atoms with Crippen molar-refractivity contribution in [2.75, 3.05) is 26.2 Å². The van der Waals surface area contributed by atoms with Gasteiger partial charge in [0.2, 0.25) is 10.0 Å². The second-order valence-corrected chi connectivity index (χ2v) is 9.61. The van der Waals surface area contributed by atoms with E-state index < -0.39 is 14.9 Å². The van der Waals surface area contributed by atoms with Crippen molar-refractivity contribution in [3.63, 3.8) is 0 Å². The molecule has 1 fully saturated rings. The number of piperazine rings is 1. The van der Waals surface area contributed by atoms with Gasteiger partial charge in [0.1, 0.15) is 0 Å². The first-order valence-corrected chi connectivity index (χ1v) is 11.4. The molecule has 2 aromatic heterocycles. The number of aromatic nitrogens is 3. The maximum atomic E-state index is 13.3. The quantitative estimate of drug-likeness (QED) is 0.429. The highest BCUT2D eigenvalue weighted by Crippen LogP contribution is 2.25. The van der Waals surface area contributed by atoms with Crippen molar-refractivity contribution in [2.45, 2.75) is 18.7 Å². The number of amides is 1. The van der Waals surface area contributed by atoms with Gasteiger partial charge in [0, 0.05) is 51.1 Å². The molecule has 4 rings (SSSR count). The second-order valence-electron chi connectivity index (χ2n) is 7.67. The Bertz CT molecular complexity index is 1340. The van der Waals surface area contributed by atoms with Crippen LogP contribution in [0.3, 0.4) is 0 Å². The summed E-state index contributed by atoms with van der Waals surface area (Å²) >= 11 is 0. The number of nitrogens with zero attached hydrogens (tertiary/aromatic N) is 6. The molecule has 0 N–H and O–H groups in total. The molecular formula is C20H22N6O5S. The number of hydrogen-bond donors (Lipinski definition) is 0. The number of hydrogen-bond acceptors (Lipinski definition) is 7. The largest absolute Gasteiger partial charge is 0.336 e. The van der Waals surface area contributed by atoms with Crippen molar-refractivity contribution in [3.05, 3.63) is 57.4 Å². The summed E-state index contributed by atoms with van der Waals surface area (Å²) in [6.45, 7) is 4.22. The third-order valence-corrected chi connectivity index (χ3v) is 7.41. The molecule has 1 aliphatic heterocycles. The third-order valence-electron chi connectivity index (χ3n) is 5.52. The molecular weight excluding hydrogens is 436 g/mol. The number of carbonyl (C=O) groups excluding carboxylic acids is 1. The van der Waals surface area contributed by atoms with Crippen molar-refractivity contribution in [2.24, 2.45) is 7.05 Å². The molecule has 0 saturated carbocycles. The standard InChI is InChI=1S/C20H22N6O5S/c1-13-11-17(18-14(2)22-23(3)19(18)21-13)20(27)24-7-9-25(10-8-24)32(30,31)16-6-4-5-15(12-16)26(28)29/h4-6,11-12H,7-10H2,1-3H3. The molecule has 1 amide bonds. The Labute approximate surface area is 184 Å². The van der Waals surface area contributed by atoms with Crippen LogP contribution in [0.5, 0.6) is 0 Å². The van der Waals surface area contributed by atoms with Crippen LogP contribution in [0.4, 0.5) is 5.69 Å². The molecule has 3 aromatic rings. The summed E-state index contributed by atoms with van der Waals surface area (Å²) < 4.78 is 28.8. The monoisotopic (exact) mass is 458 g/mol. The van der Waals surface area contributed by atoms with Crippen LogP contribution in [0.1, 0.15) is 21.7 Å². The topological polar surface area (TPSA) is 132 Å². The predicted molar refractivity (Wildman–Crippen MR) is 116 cm³/mol.